The summed E-state index contributed by atoms with van der Waals surface area (Å²) in [6, 6.07) is 7.07. The molecule has 1 aliphatic rings. The Kier molecular flexibility index (Phi) is 3.73. The molecule has 0 N–H and O–H groups in total. The molecule has 1 heterocycles. The Morgan fingerprint density at radius 1 is 1.26 bits per heavy atom. The van der Waals surface area contributed by atoms with Crippen molar-refractivity contribution in [1.82, 2.24) is 4.90 Å². The number of likely N-dealkylation sites (N-methyl/N-ethyl adjacent to an activating group) is 1. The largest absolute Gasteiger partial charge is 0.336 e. The second-order valence-corrected chi connectivity index (χ2v) is 4.26. The summed E-state index contributed by atoms with van der Waals surface area (Å²) >= 11 is 0. The van der Waals surface area contributed by atoms with Crippen molar-refractivity contribution in [2.24, 2.45) is 4.99 Å². The lowest BCUT2D eigenvalue weighted by atomic mass is 10.1. The van der Waals surface area contributed by atoms with Crippen molar-refractivity contribution in [2.75, 3.05) is 25.0 Å². The minimum Gasteiger partial charge on any atom is -0.336 e. The van der Waals surface area contributed by atoms with E-state index < -0.39 is 11.8 Å². The number of hydrogen-bond acceptors (Lipinski definition) is 4. The molecule has 0 radical (unpaired) electrons. The van der Waals surface area contributed by atoms with Crippen LogP contribution in [0.4, 0.5) is 5.69 Å². The van der Waals surface area contributed by atoms with Crippen LogP contribution in [-0.2, 0) is 20.9 Å². The van der Waals surface area contributed by atoms with E-state index in [1.165, 1.54) is 15.9 Å². The molecule has 19 heavy (non-hydrogen) atoms. The number of isocyanates is 1. The monoisotopic (exact) mass is 259 g/mol. The molecule has 6 nitrogen and oxygen atoms in total. The number of rotatable bonds is 3. The quantitative estimate of drug-likeness (QED) is 0.446. The summed E-state index contributed by atoms with van der Waals surface area (Å²) in [5, 5.41) is 0. The van der Waals surface area contributed by atoms with E-state index in [2.05, 4.69) is 4.99 Å². The zero-order valence-corrected chi connectivity index (χ0v) is 10.5. The zero-order chi connectivity index (χ0) is 13.8. The fourth-order valence-corrected chi connectivity index (χ4v) is 1.92. The van der Waals surface area contributed by atoms with Crippen LogP contribution in [0, 0.1) is 0 Å². The smallest absolute Gasteiger partial charge is 0.316 e. The summed E-state index contributed by atoms with van der Waals surface area (Å²) in [6.45, 7) is 1.18. The Hall–Kier alpha value is -2.46. The van der Waals surface area contributed by atoms with Crippen LogP contribution < -0.4 is 4.90 Å². The summed E-state index contributed by atoms with van der Waals surface area (Å²) < 4.78 is 0. The molecule has 0 unspecified atom stereocenters. The SMILES string of the molecule is CN1CCN(c2cccc(CN=C=O)c2)C(=O)C1=O. The summed E-state index contributed by atoms with van der Waals surface area (Å²) in [6.07, 6.45) is 1.47. The van der Waals surface area contributed by atoms with Gasteiger partial charge in [0.2, 0.25) is 6.08 Å². The summed E-state index contributed by atoms with van der Waals surface area (Å²) in [5.41, 5.74) is 1.44. The van der Waals surface area contributed by atoms with Gasteiger partial charge in [-0.25, -0.2) is 9.79 Å². The van der Waals surface area contributed by atoms with Gasteiger partial charge in [0.15, 0.2) is 0 Å². The first-order valence-corrected chi connectivity index (χ1v) is 5.83. The highest BCUT2D eigenvalue weighted by Gasteiger charge is 2.31. The summed E-state index contributed by atoms with van der Waals surface area (Å²) in [5.74, 6) is -1.05. The van der Waals surface area contributed by atoms with Crippen molar-refractivity contribution in [1.29, 1.82) is 0 Å². The number of nitrogens with zero attached hydrogens (tertiary/aromatic N) is 3. The Morgan fingerprint density at radius 2 is 2.05 bits per heavy atom. The molecule has 0 aromatic heterocycles. The molecule has 2 amide bonds. The Balaban J connectivity index is 2.24. The predicted octanol–water partition coefficient (Wildman–Crippen LogP) is 0.327. The molecule has 0 bridgehead atoms. The van der Waals surface area contributed by atoms with Crippen molar-refractivity contribution < 1.29 is 14.4 Å². The second kappa shape index (κ2) is 5.46. The maximum atomic E-state index is 11.9. The summed E-state index contributed by atoms with van der Waals surface area (Å²) in [7, 11) is 1.60. The molecular weight excluding hydrogens is 246 g/mol. The van der Waals surface area contributed by atoms with E-state index in [-0.39, 0.29) is 6.54 Å². The molecule has 1 aromatic rings. The van der Waals surface area contributed by atoms with Gasteiger partial charge in [-0.2, -0.15) is 0 Å². The number of benzene rings is 1. The van der Waals surface area contributed by atoms with Crippen LogP contribution in [-0.4, -0.2) is 42.9 Å². The van der Waals surface area contributed by atoms with Gasteiger partial charge < -0.3 is 9.80 Å². The number of carbonyl (C=O) groups is 2. The first kappa shape index (κ1) is 13.0. The van der Waals surface area contributed by atoms with Gasteiger partial charge in [0.25, 0.3) is 0 Å². The van der Waals surface area contributed by atoms with E-state index in [0.29, 0.717) is 18.8 Å². The lowest BCUT2D eigenvalue weighted by molar-refractivity contribution is -0.145. The van der Waals surface area contributed by atoms with Crippen LogP contribution in [0.1, 0.15) is 5.56 Å². The minimum atomic E-state index is -0.537. The van der Waals surface area contributed by atoms with Gasteiger partial charge >= 0.3 is 11.8 Å². The third kappa shape index (κ3) is 2.69. The number of amides is 2. The van der Waals surface area contributed by atoms with Gasteiger partial charge in [0, 0.05) is 25.8 Å². The number of aliphatic imine (C=N–C) groups is 1. The number of hydrogen-bond donors (Lipinski definition) is 0. The number of carbonyl (C=O) groups excluding carboxylic acids is 3. The van der Waals surface area contributed by atoms with Crippen LogP contribution in [0.25, 0.3) is 0 Å². The number of piperazine rings is 1. The van der Waals surface area contributed by atoms with Crippen LogP contribution in [0.3, 0.4) is 0 Å². The van der Waals surface area contributed by atoms with E-state index >= 15 is 0 Å². The van der Waals surface area contributed by atoms with Gasteiger partial charge in [-0.1, -0.05) is 12.1 Å². The average Bonchev–Trinajstić information content (AvgIpc) is 2.43. The lowest BCUT2D eigenvalue weighted by Gasteiger charge is -2.31. The third-order valence-corrected chi connectivity index (χ3v) is 2.98. The predicted molar refractivity (Wildman–Crippen MR) is 68.3 cm³/mol. The van der Waals surface area contributed by atoms with Gasteiger partial charge in [-0.3, -0.25) is 9.59 Å². The Morgan fingerprint density at radius 3 is 2.79 bits per heavy atom. The molecule has 1 aliphatic heterocycles. The fraction of sp³-hybridized carbons (Fsp3) is 0.308. The first-order chi connectivity index (χ1) is 9.13. The Bertz CT molecular complexity index is 564. The molecule has 0 atom stereocenters. The van der Waals surface area contributed by atoms with Gasteiger partial charge in [0.05, 0.1) is 6.54 Å². The standard InChI is InChI=1S/C13H13N3O3/c1-15-5-6-16(13(19)12(15)18)11-4-2-3-10(7-11)8-14-9-17/h2-4,7H,5-6,8H2,1H3. The second-order valence-electron chi connectivity index (χ2n) is 4.26. The van der Waals surface area contributed by atoms with Crippen molar-refractivity contribution in [3.8, 4) is 0 Å². The van der Waals surface area contributed by atoms with Crippen LogP contribution in [0.2, 0.25) is 0 Å². The average molecular weight is 259 g/mol. The zero-order valence-electron chi connectivity index (χ0n) is 10.5. The highest BCUT2D eigenvalue weighted by atomic mass is 16.2. The van der Waals surface area contributed by atoms with Crippen LogP contribution in [0.15, 0.2) is 29.3 Å². The molecule has 1 aromatic carbocycles. The topological polar surface area (TPSA) is 70.0 Å². The van der Waals surface area contributed by atoms with E-state index in [4.69, 9.17) is 0 Å². The minimum absolute atomic E-state index is 0.215. The van der Waals surface area contributed by atoms with E-state index in [1.54, 1.807) is 31.3 Å². The molecule has 1 saturated heterocycles. The maximum Gasteiger partial charge on any atom is 0.316 e. The molecule has 1 fully saturated rings. The van der Waals surface area contributed by atoms with E-state index in [9.17, 15) is 14.4 Å². The van der Waals surface area contributed by atoms with Crippen molar-refractivity contribution in [3.63, 3.8) is 0 Å². The first-order valence-electron chi connectivity index (χ1n) is 5.83. The highest BCUT2D eigenvalue weighted by molar-refractivity contribution is 6.40. The van der Waals surface area contributed by atoms with Crippen LogP contribution >= 0.6 is 0 Å². The molecular formula is C13H13N3O3. The maximum absolute atomic E-state index is 11.9. The number of anilines is 1. The van der Waals surface area contributed by atoms with Gasteiger partial charge in [0.1, 0.15) is 0 Å². The molecule has 2 rings (SSSR count). The van der Waals surface area contributed by atoms with Crippen LogP contribution in [0.5, 0.6) is 0 Å². The van der Waals surface area contributed by atoms with Crippen molar-refractivity contribution >= 4 is 23.6 Å². The fourth-order valence-electron chi connectivity index (χ4n) is 1.92. The van der Waals surface area contributed by atoms with Crippen molar-refractivity contribution in [3.05, 3.63) is 29.8 Å². The summed E-state index contributed by atoms with van der Waals surface area (Å²) in [4.78, 5) is 40.0. The van der Waals surface area contributed by atoms with E-state index in [1.807, 2.05) is 0 Å². The molecule has 6 heteroatoms. The third-order valence-electron chi connectivity index (χ3n) is 2.98. The van der Waals surface area contributed by atoms with Crippen molar-refractivity contribution in [2.45, 2.75) is 6.54 Å². The van der Waals surface area contributed by atoms with Gasteiger partial charge in [-0.05, 0) is 17.7 Å². The lowest BCUT2D eigenvalue weighted by Crippen LogP contribution is -2.53. The molecule has 0 aliphatic carbocycles. The normalized spacial score (nSPS) is 15.4. The van der Waals surface area contributed by atoms with Gasteiger partial charge in [-0.15, -0.1) is 0 Å². The molecule has 0 saturated carbocycles. The highest BCUT2D eigenvalue weighted by Crippen LogP contribution is 2.19. The Labute approximate surface area is 110 Å². The van der Waals surface area contributed by atoms with E-state index in [0.717, 1.165) is 5.56 Å². The molecule has 98 valence electrons. The molecule has 0 spiro atoms.